The molecule has 1 aliphatic heterocycles. The Labute approximate surface area is 80.3 Å². The molecule has 0 unspecified atom stereocenters. The number of ether oxygens (including phenoxy) is 3. The Balaban J connectivity index is 2.47. The molecule has 0 aromatic carbocycles. The first-order valence-corrected chi connectivity index (χ1v) is 5.27. The van der Waals surface area contributed by atoms with Crippen LogP contribution in [0.15, 0.2) is 0 Å². The molecule has 0 aliphatic carbocycles. The maximum absolute atomic E-state index is 10.3. The van der Waals surface area contributed by atoms with Crippen molar-refractivity contribution in [1.82, 2.24) is 0 Å². The summed E-state index contributed by atoms with van der Waals surface area (Å²) in [4.78, 5) is 10.3. The highest BCUT2D eigenvalue weighted by Crippen LogP contribution is 2.26. The molecule has 1 N–H and O–H groups in total. The van der Waals surface area contributed by atoms with Gasteiger partial charge in [0.15, 0.2) is 0 Å². The molecule has 5 nitrogen and oxygen atoms in total. The van der Waals surface area contributed by atoms with Crippen molar-refractivity contribution < 1.29 is 24.1 Å². The van der Waals surface area contributed by atoms with Gasteiger partial charge in [-0.2, -0.15) is 11.8 Å². The summed E-state index contributed by atoms with van der Waals surface area (Å²) in [6, 6.07) is 0. The lowest BCUT2D eigenvalue weighted by atomic mass is 10.4. The van der Waals surface area contributed by atoms with Gasteiger partial charge in [0.25, 0.3) is 0 Å². The van der Waals surface area contributed by atoms with Gasteiger partial charge in [-0.3, -0.25) is 0 Å². The average molecular weight is 208 g/mol. The van der Waals surface area contributed by atoms with Crippen LogP contribution in [0.5, 0.6) is 0 Å². The third kappa shape index (κ3) is 3.06. The number of thioether (sulfide) groups is 1. The fraction of sp³-hybridized carbons (Fsp3) is 0.857. The Bertz CT molecular complexity index is 178. The van der Waals surface area contributed by atoms with Crippen LogP contribution < -0.4 is 0 Å². The van der Waals surface area contributed by atoms with Crippen molar-refractivity contribution in [3.63, 3.8) is 0 Å². The maximum Gasteiger partial charge on any atom is 0.510 e. The summed E-state index contributed by atoms with van der Waals surface area (Å²) in [7, 11) is 0. The average Bonchev–Trinajstić information content (AvgIpc) is 2.49. The molecule has 0 aromatic rings. The zero-order chi connectivity index (χ0) is 9.73. The van der Waals surface area contributed by atoms with E-state index in [0.29, 0.717) is 19.6 Å². The number of carboxylic acid groups (broad SMARTS) is 1. The molecule has 1 heterocycles. The van der Waals surface area contributed by atoms with Crippen LogP contribution in [0.4, 0.5) is 4.79 Å². The minimum atomic E-state index is -1.37. The zero-order valence-electron chi connectivity index (χ0n) is 7.32. The normalized spacial score (nSPS) is 20.1. The smallest absolute Gasteiger partial charge is 0.450 e. The Morgan fingerprint density at radius 3 is 2.69 bits per heavy atom. The zero-order valence-corrected chi connectivity index (χ0v) is 8.13. The fourth-order valence-electron chi connectivity index (χ4n) is 1.05. The molecular formula is C7H12O5S. The lowest BCUT2D eigenvalue weighted by molar-refractivity contribution is -0.306. The predicted molar refractivity (Wildman–Crippen MR) is 46.7 cm³/mol. The standard InChI is InChI=1S/C7H12O5S/c1-13-5-2-7(12-6(8)9)10-3-4-11-7/h2-5H2,1H3,(H,8,9). The Morgan fingerprint density at radius 2 is 2.23 bits per heavy atom. The van der Waals surface area contributed by atoms with E-state index in [2.05, 4.69) is 4.74 Å². The highest BCUT2D eigenvalue weighted by molar-refractivity contribution is 7.98. The van der Waals surface area contributed by atoms with Crippen LogP contribution in [0.25, 0.3) is 0 Å². The van der Waals surface area contributed by atoms with Gasteiger partial charge in [0.2, 0.25) is 0 Å². The van der Waals surface area contributed by atoms with Crippen molar-refractivity contribution >= 4 is 17.9 Å². The van der Waals surface area contributed by atoms with E-state index >= 15 is 0 Å². The van der Waals surface area contributed by atoms with Crippen LogP contribution >= 0.6 is 11.8 Å². The van der Waals surface area contributed by atoms with Gasteiger partial charge in [-0.25, -0.2) is 4.79 Å². The third-order valence-corrected chi connectivity index (χ3v) is 2.19. The van der Waals surface area contributed by atoms with Gasteiger partial charge < -0.3 is 19.3 Å². The highest BCUT2D eigenvalue weighted by Gasteiger charge is 2.40. The van der Waals surface area contributed by atoms with Crippen molar-refractivity contribution in [2.45, 2.75) is 12.4 Å². The quantitative estimate of drug-likeness (QED) is 0.699. The lowest BCUT2D eigenvalue weighted by Crippen LogP contribution is -2.36. The van der Waals surface area contributed by atoms with E-state index in [1.54, 1.807) is 11.8 Å². The van der Waals surface area contributed by atoms with Crippen LogP contribution in [0.2, 0.25) is 0 Å². The Hall–Kier alpha value is -0.460. The topological polar surface area (TPSA) is 65.0 Å². The van der Waals surface area contributed by atoms with E-state index in [1.165, 1.54) is 0 Å². The number of carbonyl (C=O) groups is 1. The monoisotopic (exact) mass is 208 g/mol. The second kappa shape index (κ2) is 4.69. The molecule has 13 heavy (non-hydrogen) atoms. The molecule has 1 saturated heterocycles. The molecule has 0 amide bonds. The maximum atomic E-state index is 10.3. The first-order chi connectivity index (χ1) is 6.18. The van der Waals surface area contributed by atoms with E-state index < -0.39 is 12.1 Å². The van der Waals surface area contributed by atoms with Crippen LogP contribution in [0.1, 0.15) is 6.42 Å². The molecule has 1 aliphatic rings. The van der Waals surface area contributed by atoms with Gasteiger partial charge in [0.1, 0.15) is 0 Å². The molecule has 6 heteroatoms. The van der Waals surface area contributed by atoms with Crippen molar-refractivity contribution in [2.75, 3.05) is 25.2 Å². The summed E-state index contributed by atoms with van der Waals surface area (Å²) in [6.45, 7) is 0.753. The molecule has 0 aromatic heterocycles. The summed E-state index contributed by atoms with van der Waals surface area (Å²) in [5.74, 6) is -0.623. The van der Waals surface area contributed by atoms with Gasteiger partial charge in [0, 0.05) is 5.75 Å². The molecule has 0 radical (unpaired) electrons. The summed E-state index contributed by atoms with van der Waals surface area (Å²) in [5, 5.41) is 8.45. The fourth-order valence-corrected chi connectivity index (χ4v) is 1.50. The van der Waals surface area contributed by atoms with Crippen LogP contribution in [0.3, 0.4) is 0 Å². The molecule has 0 spiro atoms. The van der Waals surface area contributed by atoms with Gasteiger partial charge in [-0.1, -0.05) is 0 Å². The van der Waals surface area contributed by atoms with Gasteiger partial charge >= 0.3 is 12.1 Å². The third-order valence-electron chi connectivity index (χ3n) is 1.58. The van der Waals surface area contributed by atoms with E-state index in [9.17, 15) is 4.79 Å². The van der Waals surface area contributed by atoms with Crippen molar-refractivity contribution in [2.24, 2.45) is 0 Å². The summed E-state index contributed by atoms with van der Waals surface area (Å²) < 4.78 is 14.8. The lowest BCUT2D eigenvalue weighted by Gasteiger charge is -2.24. The van der Waals surface area contributed by atoms with Gasteiger partial charge in [-0.15, -0.1) is 0 Å². The van der Waals surface area contributed by atoms with E-state index in [1.807, 2.05) is 6.26 Å². The number of hydrogen-bond donors (Lipinski definition) is 1. The van der Waals surface area contributed by atoms with Crippen LogP contribution in [-0.4, -0.2) is 42.5 Å². The first kappa shape index (κ1) is 10.6. The minimum Gasteiger partial charge on any atom is -0.450 e. The van der Waals surface area contributed by atoms with Gasteiger partial charge in [0.05, 0.1) is 19.6 Å². The highest BCUT2D eigenvalue weighted by atomic mass is 32.2. The van der Waals surface area contributed by atoms with Crippen LogP contribution in [0, 0.1) is 0 Å². The predicted octanol–water partition coefficient (Wildman–Crippen LogP) is 1.13. The van der Waals surface area contributed by atoms with Crippen molar-refractivity contribution in [3.05, 3.63) is 0 Å². The first-order valence-electron chi connectivity index (χ1n) is 3.87. The van der Waals surface area contributed by atoms with Crippen LogP contribution in [-0.2, 0) is 14.2 Å². The molecular weight excluding hydrogens is 196 g/mol. The minimum absolute atomic E-state index is 0.377. The number of hydrogen-bond acceptors (Lipinski definition) is 5. The molecule has 0 bridgehead atoms. The summed E-state index contributed by atoms with van der Waals surface area (Å²) >= 11 is 1.58. The molecule has 1 fully saturated rings. The Morgan fingerprint density at radius 1 is 1.62 bits per heavy atom. The molecule has 0 saturated carbocycles. The summed E-state index contributed by atoms with van der Waals surface area (Å²) in [5.41, 5.74) is 0. The Kier molecular flexibility index (Phi) is 3.83. The van der Waals surface area contributed by atoms with Crippen molar-refractivity contribution in [1.29, 1.82) is 0 Å². The molecule has 76 valence electrons. The summed E-state index contributed by atoms with van der Waals surface area (Å²) in [6.07, 6.45) is 0.965. The number of rotatable bonds is 4. The SMILES string of the molecule is CSCCC1(OC(=O)O)OCCO1. The van der Waals surface area contributed by atoms with E-state index in [-0.39, 0.29) is 0 Å². The molecule has 1 rings (SSSR count). The largest absolute Gasteiger partial charge is 0.510 e. The van der Waals surface area contributed by atoms with Crippen molar-refractivity contribution in [3.8, 4) is 0 Å². The second-order valence-corrected chi connectivity index (χ2v) is 3.48. The van der Waals surface area contributed by atoms with E-state index in [4.69, 9.17) is 14.6 Å². The second-order valence-electron chi connectivity index (χ2n) is 2.49. The van der Waals surface area contributed by atoms with E-state index in [0.717, 1.165) is 5.75 Å². The molecule has 0 atom stereocenters. The van der Waals surface area contributed by atoms with Gasteiger partial charge in [-0.05, 0) is 6.26 Å².